The number of nitrogens with zero attached hydrogens (tertiary/aromatic N) is 2. The summed E-state index contributed by atoms with van der Waals surface area (Å²) in [5.74, 6) is 0. The van der Waals surface area contributed by atoms with Gasteiger partial charge < -0.3 is 4.40 Å². The topological polar surface area (TPSA) is 63.5 Å². The molecule has 0 atom stereocenters. The summed E-state index contributed by atoms with van der Waals surface area (Å²) in [5.41, 5.74) is 4.24. The molecule has 0 saturated heterocycles. The molecule has 2 aromatic carbocycles. The van der Waals surface area contributed by atoms with Crippen LogP contribution >= 0.6 is 11.6 Å². The minimum absolute atomic E-state index is 0.153. The number of aryl methyl sites for hydroxylation is 1. The van der Waals surface area contributed by atoms with Crippen molar-refractivity contribution in [2.45, 2.75) is 18.7 Å². The van der Waals surface area contributed by atoms with Crippen LogP contribution < -0.4 is 4.72 Å². The number of hydrogen-bond donors (Lipinski definition) is 1. The van der Waals surface area contributed by atoms with E-state index in [9.17, 15) is 8.42 Å². The molecular weight excluding hydrogens is 394 g/mol. The first-order valence-corrected chi connectivity index (χ1v) is 10.5. The molecule has 0 aliphatic heterocycles. The summed E-state index contributed by atoms with van der Waals surface area (Å²) in [6, 6.07) is 16.0. The third kappa shape index (κ3) is 3.25. The molecule has 0 spiro atoms. The standard InChI is InChI=1S/C21H18ClN3O2S/c1-14-7-6-12-25-13-19(23-21(14)25)16-8-3-4-10-18(16)24-28(26,27)20-11-5-9-17(22)15(20)2/h3-13,24H,1-2H3. The van der Waals surface area contributed by atoms with Crippen LogP contribution in [-0.4, -0.2) is 17.8 Å². The molecule has 0 bridgehead atoms. The third-order valence-electron chi connectivity index (χ3n) is 4.63. The maximum Gasteiger partial charge on any atom is 0.262 e. The van der Waals surface area contributed by atoms with Gasteiger partial charge in [-0.15, -0.1) is 0 Å². The van der Waals surface area contributed by atoms with Crippen LogP contribution in [0.5, 0.6) is 0 Å². The second-order valence-electron chi connectivity index (χ2n) is 6.56. The van der Waals surface area contributed by atoms with Gasteiger partial charge in [0.1, 0.15) is 5.65 Å². The Morgan fingerprint density at radius 3 is 2.57 bits per heavy atom. The van der Waals surface area contributed by atoms with Crippen molar-refractivity contribution in [2.75, 3.05) is 4.72 Å². The monoisotopic (exact) mass is 411 g/mol. The number of anilines is 1. The van der Waals surface area contributed by atoms with Crippen molar-refractivity contribution in [3.8, 4) is 11.3 Å². The van der Waals surface area contributed by atoms with E-state index in [0.717, 1.165) is 11.2 Å². The van der Waals surface area contributed by atoms with E-state index >= 15 is 0 Å². The first-order valence-electron chi connectivity index (χ1n) is 8.68. The zero-order valence-electron chi connectivity index (χ0n) is 15.3. The largest absolute Gasteiger partial charge is 0.306 e. The van der Waals surface area contributed by atoms with Crippen LogP contribution in [0.4, 0.5) is 5.69 Å². The molecule has 2 aromatic heterocycles. The Kier molecular flexibility index (Phi) is 4.61. The molecule has 0 fully saturated rings. The SMILES string of the molecule is Cc1c(Cl)cccc1S(=O)(=O)Nc1ccccc1-c1cn2cccc(C)c2n1. The molecule has 28 heavy (non-hydrogen) atoms. The van der Waals surface area contributed by atoms with Gasteiger partial charge in [0, 0.05) is 23.0 Å². The van der Waals surface area contributed by atoms with Crippen LogP contribution in [-0.2, 0) is 10.0 Å². The highest BCUT2D eigenvalue weighted by Gasteiger charge is 2.20. The number of imidazole rings is 1. The second-order valence-corrected chi connectivity index (χ2v) is 8.62. The van der Waals surface area contributed by atoms with Crippen molar-refractivity contribution in [1.29, 1.82) is 0 Å². The molecule has 0 unspecified atom stereocenters. The fraction of sp³-hybridized carbons (Fsp3) is 0.0952. The van der Waals surface area contributed by atoms with Crippen LogP contribution in [0.3, 0.4) is 0 Å². The summed E-state index contributed by atoms with van der Waals surface area (Å²) in [5, 5.41) is 0.409. The number of para-hydroxylation sites is 1. The Hall–Kier alpha value is -2.83. The Labute approximate surface area is 168 Å². The molecule has 1 N–H and O–H groups in total. The fourth-order valence-corrected chi connectivity index (χ4v) is 4.74. The van der Waals surface area contributed by atoms with E-state index in [1.807, 2.05) is 48.0 Å². The first-order chi connectivity index (χ1) is 13.4. The minimum Gasteiger partial charge on any atom is -0.306 e. The summed E-state index contributed by atoms with van der Waals surface area (Å²) in [4.78, 5) is 4.84. The van der Waals surface area contributed by atoms with E-state index in [-0.39, 0.29) is 4.90 Å². The molecule has 5 nitrogen and oxygen atoms in total. The van der Waals surface area contributed by atoms with Gasteiger partial charge in [-0.3, -0.25) is 4.72 Å². The number of fused-ring (bicyclic) bond motifs is 1. The van der Waals surface area contributed by atoms with E-state index < -0.39 is 10.0 Å². The first kappa shape index (κ1) is 18.5. The molecule has 0 saturated carbocycles. The highest BCUT2D eigenvalue weighted by molar-refractivity contribution is 7.92. The smallest absolute Gasteiger partial charge is 0.262 e. The Bertz CT molecular complexity index is 1300. The number of nitrogens with one attached hydrogen (secondary N) is 1. The maximum atomic E-state index is 13.0. The number of hydrogen-bond acceptors (Lipinski definition) is 3. The summed E-state index contributed by atoms with van der Waals surface area (Å²) in [6.07, 6.45) is 3.81. The van der Waals surface area contributed by atoms with Crippen molar-refractivity contribution in [3.63, 3.8) is 0 Å². The zero-order chi connectivity index (χ0) is 19.9. The van der Waals surface area contributed by atoms with Crippen molar-refractivity contribution >= 4 is 33.0 Å². The maximum absolute atomic E-state index is 13.0. The average Bonchev–Trinajstić information content (AvgIpc) is 3.09. The van der Waals surface area contributed by atoms with E-state index in [1.165, 1.54) is 0 Å². The van der Waals surface area contributed by atoms with Gasteiger partial charge in [0.25, 0.3) is 10.0 Å². The van der Waals surface area contributed by atoms with Crippen LogP contribution in [0, 0.1) is 13.8 Å². The molecule has 0 aliphatic rings. The van der Waals surface area contributed by atoms with Gasteiger partial charge in [-0.25, -0.2) is 13.4 Å². The van der Waals surface area contributed by atoms with Gasteiger partial charge in [0.05, 0.1) is 16.3 Å². The highest BCUT2D eigenvalue weighted by Crippen LogP contribution is 2.31. The van der Waals surface area contributed by atoms with E-state index in [1.54, 1.807) is 37.3 Å². The molecule has 0 radical (unpaired) electrons. The van der Waals surface area contributed by atoms with Gasteiger partial charge in [-0.1, -0.05) is 41.9 Å². The van der Waals surface area contributed by atoms with Crippen LogP contribution in [0.1, 0.15) is 11.1 Å². The zero-order valence-corrected chi connectivity index (χ0v) is 16.9. The normalized spacial score (nSPS) is 11.7. The van der Waals surface area contributed by atoms with Crippen LogP contribution in [0.2, 0.25) is 5.02 Å². The minimum atomic E-state index is -3.80. The molecule has 142 valence electrons. The third-order valence-corrected chi connectivity index (χ3v) is 6.55. The Morgan fingerprint density at radius 1 is 1.00 bits per heavy atom. The Morgan fingerprint density at radius 2 is 1.79 bits per heavy atom. The van der Waals surface area contributed by atoms with Crippen LogP contribution in [0.25, 0.3) is 16.9 Å². The lowest BCUT2D eigenvalue weighted by atomic mass is 10.1. The fourth-order valence-electron chi connectivity index (χ4n) is 3.16. The van der Waals surface area contributed by atoms with Gasteiger partial charge >= 0.3 is 0 Å². The summed E-state index contributed by atoms with van der Waals surface area (Å²) >= 11 is 6.11. The lowest BCUT2D eigenvalue weighted by Crippen LogP contribution is -2.15. The molecule has 7 heteroatoms. The van der Waals surface area contributed by atoms with Crippen molar-refractivity contribution < 1.29 is 8.42 Å². The lowest BCUT2D eigenvalue weighted by molar-refractivity contribution is 0.600. The lowest BCUT2D eigenvalue weighted by Gasteiger charge is -2.13. The number of benzene rings is 2. The number of rotatable bonds is 4. The number of sulfonamides is 1. The predicted molar refractivity (Wildman–Crippen MR) is 112 cm³/mol. The summed E-state index contributed by atoms with van der Waals surface area (Å²) < 4.78 is 30.6. The quantitative estimate of drug-likeness (QED) is 0.509. The van der Waals surface area contributed by atoms with Crippen molar-refractivity contribution in [2.24, 2.45) is 0 Å². The molecule has 4 rings (SSSR count). The van der Waals surface area contributed by atoms with Gasteiger partial charge in [0.2, 0.25) is 0 Å². The van der Waals surface area contributed by atoms with E-state index in [4.69, 9.17) is 11.6 Å². The molecule has 0 aliphatic carbocycles. The summed E-state index contributed by atoms with van der Waals surface area (Å²) in [7, 11) is -3.80. The Balaban J connectivity index is 1.80. The highest BCUT2D eigenvalue weighted by atomic mass is 35.5. The average molecular weight is 412 g/mol. The van der Waals surface area contributed by atoms with Gasteiger partial charge in [-0.2, -0.15) is 0 Å². The van der Waals surface area contributed by atoms with E-state index in [0.29, 0.717) is 27.5 Å². The van der Waals surface area contributed by atoms with Gasteiger partial charge in [0.15, 0.2) is 0 Å². The van der Waals surface area contributed by atoms with Gasteiger partial charge in [-0.05, 0) is 49.2 Å². The van der Waals surface area contributed by atoms with Crippen molar-refractivity contribution in [1.82, 2.24) is 9.38 Å². The van der Waals surface area contributed by atoms with E-state index in [2.05, 4.69) is 9.71 Å². The molecule has 0 amide bonds. The predicted octanol–water partition coefficient (Wildman–Crippen LogP) is 5.07. The van der Waals surface area contributed by atoms with Crippen molar-refractivity contribution in [3.05, 3.63) is 83.1 Å². The number of halogens is 1. The second kappa shape index (κ2) is 6.96. The van der Waals surface area contributed by atoms with Crippen LogP contribution in [0.15, 0.2) is 71.9 Å². The summed E-state index contributed by atoms with van der Waals surface area (Å²) in [6.45, 7) is 3.68. The molecular formula is C21H18ClN3O2S. The molecule has 4 aromatic rings. The number of pyridine rings is 1. The number of aromatic nitrogens is 2. The molecule has 2 heterocycles.